The molecule has 0 bridgehead atoms. The molecule has 0 spiro atoms. The second-order valence-electron chi connectivity index (χ2n) is 4.43. The van der Waals surface area contributed by atoms with E-state index in [2.05, 4.69) is 9.98 Å². The van der Waals surface area contributed by atoms with E-state index in [0.717, 1.165) is 5.56 Å². The molecule has 0 atom stereocenters. The fourth-order valence-electron chi connectivity index (χ4n) is 1.81. The number of aromatic nitrogens is 1. The van der Waals surface area contributed by atoms with Crippen LogP contribution >= 0.6 is 23.2 Å². The molecule has 0 radical (unpaired) electrons. The van der Waals surface area contributed by atoms with Gasteiger partial charge in [-0.05, 0) is 30.3 Å². The van der Waals surface area contributed by atoms with Crippen LogP contribution < -0.4 is 0 Å². The van der Waals surface area contributed by atoms with Gasteiger partial charge in [-0.1, -0.05) is 41.4 Å². The van der Waals surface area contributed by atoms with Crippen LogP contribution in [0, 0.1) is 0 Å². The van der Waals surface area contributed by atoms with E-state index in [1.165, 1.54) is 6.21 Å². The molecular formula is C16H10Cl2N2O2. The Morgan fingerprint density at radius 1 is 1.05 bits per heavy atom. The summed E-state index contributed by atoms with van der Waals surface area (Å²) in [5.41, 5.74) is 1.61. The van der Waals surface area contributed by atoms with E-state index < -0.39 is 0 Å². The first kappa shape index (κ1) is 14.6. The molecule has 22 heavy (non-hydrogen) atoms. The number of hydrogen-bond donors (Lipinski definition) is 1. The third kappa shape index (κ3) is 3.13. The monoisotopic (exact) mass is 332 g/mol. The van der Waals surface area contributed by atoms with E-state index in [9.17, 15) is 5.11 Å². The summed E-state index contributed by atoms with van der Waals surface area (Å²) in [5.74, 6) is 0.0383. The molecule has 0 amide bonds. The zero-order valence-electron chi connectivity index (χ0n) is 11.2. The van der Waals surface area contributed by atoms with Crippen molar-refractivity contribution in [3.63, 3.8) is 0 Å². The van der Waals surface area contributed by atoms with Gasteiger partial charge in [-0.2, -0.15) is 0 Å². The summed E-state index contributed by atoms with van der Waals surface area (Å²) >= 11 is 11.8. The zero-order valence-corrected chi connectivity index (χ0v) is 12.7. The molecule has 0 aliphatic rings. The predicted octanol–water partition coefficient (Wildman–Crippen LogP) is 5.10. The van der Waals surface area contributed by atoms with Gasteiger partial charge in [0.25, 0.3) is 0 Å². The van der Waals surface area contributed by atoms with Crippen molar-refractivity contribution >= 4 is 35.1 Å². The first-order valence-corrected chi connectivity index (χ1v) is 7.13. The normalized spacial score (nSPS) is 11.2. The SMILES string of the molecule is Oc1oc(-c2ccccc2)nc1C=Nc1ccc(Cl)c(Cl)c1. The molecule has 0 unspecified atom stereocenters. The Morgan fingerprint density at radius 2 is 1.82 bits per heavy atom. The molecule has 1 heterocycles. The number of aliphatic imine (C=N–C) groups is 1. The lowest BCUT2D eigenvalue weighted by atomic mass is 10.2. The van der Waals surface area contributed by atoms with Crippen LogP contribution in [-0.2, 0) is 0 Å². The Balaban J connectivity index is 1.88. The predicted molar refractivity (Wildman–Crippen MR) is 87.3 cm³/mol. The second-order valence-corrected chi connectivity index (χ2v) is 5.25. The second kappa shape index (κ2) is 6.22. The van der Waals surface area contributed by atoms with Gasteiger partial charge in [-0.15, -0.1) is 0 Å². The fraction of sp³-hybridized carbons (Fsp3) is 0. The zero-order chi connectivity index (χ0) is 15.5. The highest BCUT2D eigenvalue weighted by Gasteiger charge is 2.11. The molecule has 110 valence electrons. The van der Waals surface area contributed by atoms with Gasteiger partial charge in [0.05, 0.1) is 21.9 Å². The van der Waals surface area contributed by atoms with Crippen LogP contribution in [-0.4, -0.2) is 16.3 Å². The third-order valence-electron chi connectivity index (χ3n) is 2.89. The van der Waals surface area contributed by atoms with E-state index in [1.807, 2.05) is 30.3 Å². The van der Waals surface area contributed by atoms with Crippen LogP contribution in [0.25, 0.3) is 11.5 Å². The number of oxazole rings is 1. The third-order valence-corrected chi connectivity index (χ3v) is 3.63. The molecule has 0 fully saturated rings. The van der Waals surface area contributed by atoms with Gasteiger partial charge in [0.15, 0.2) is 5.69 Å². The minimum absolute atomic E-state index is 0.241. The molecule has 4 nitrogen and oxygen atoms in total. The van der Waals surface area contributed by atoms with Gasteiger partial charge in [0, 0.05) is 5.56 Å². The summed E-state index contributed by atoms with van der Waals surface area (Å²) in [4.78, 5) is 8.41. The minimum atomic E-state index is -0.289. The molecule has 0 saturated carbocycles. The average molecular weight is 333 g/mol. The van der Waals surface area contributed by atoms with Gasteiger partial charge in [-0.25, -0.2) is 4.98 Å². The molecule has 0 saturated heterocycles. The highest BCUT2D eigenvalue weighted by atomic mass is 35.5. The maximum absolute atomic E-state index is 9.80. The van der Waals surface area contributed by atoms with Gasteiger partial charge in [0.2, 0.25) is 5.89 Å². The molecule has 6 heteroatoms. The van der Waals surface area contributed by atoms with Gasteiger partial charge >= 0.3 is 5.95 Å². The molecule has 1 N–H and O–H groups in total. The molecule has 2 aromatic carbocycles. The smallest absolute Gasteiger partial charge is 0.312 e. The van der Waals surface area contributed by atoms with Crippen LogP contribution in [0.4, 0.5) is 5.69 Å². The lowest BCUT2D eigenvalue weighted by Crippen LogP contribution is -1.82. The highest BCUT2D eigenvalue weighted by Crippen LogP contribution is 2.28. The maximum Gasteiger partial charge on any atom is 0.312 e. The molecular weight excluding hydrogens is 323 g/mol. The van der Waals surface area contributed by atoms with Crippen LogP contribution in [0.1, 0.15) is 5.69 Å². The number of aromatic hydroxyl groups is 1. The Morgan fingerprint density at radius 3 is 2.55 bits per heavy atom. The lowest BCUT2D eigenvalue weighted by Gasteiger charge is -1.96. The quantitative estimate of drug-likeness (QED) is 0.678. The molecule has 1 aromatic heterocycles. The summed E-state index contributed by atoms with van der Waals surface area (Å²) < 4.78 is 5.24. The Labute approximate surface area is 136 Å². The van der Waals surface area contributed by atoms with Crippen molar-refractivity contribution in [1.82, 2.24) is 4.98 Å². The van der Waals surface area contributed by atoms with E-state index in [-0.39, 0.29) is 11.6 Å². The minimum Gasteiger partial charge on any atom is -0.479 e. The number of halogens is 2. The Kier molecular flexibility index (Phi) is 4.13. The Bertz CT molecular complexity index is 829. The van der Waals surface area contributed by atoms with Crippen LogP contribution in [0.3, 0.4) is 0 Å². The number of benzene rings is 2. The van der Waals surface area contributed by atoms with Crippen molar-refractivity contribution < 1.29 is 9.52 Å². The average Bonchev–Trinajstić information content (AvgIpc) is 2.90. The van der Waals surface area contributed by atoms with Gasteiger partial charge in [0.1, 0.15) is 0 Å². The number of nitrogens with zero attached hydrogens (tertiary/aromatic N) is 2. The Hall–Kier alpha value is -2.30. The van der Waals surface area contributed by atoms with Crippen LogP contribution in [0.15, 0.2) is 57.9 Å². The largest absolute Gasteiger partial charge is 0.479 e. The topological polar surface area (TPSA) is 58.6 Å². The summed E-state index contributed by atoms with van der Waals surface area (Å²) in [5, 5.41) is 10.7. The molecule has 3 aromatic rings. The summed E-state index contributed by atoms with van der Waals surface area (Å²) in [6.45, 7) is 0. The van der Waals surface area contributed by atoms with Crippen molar-refractivity contribution in [2.24, 2.45) is 4.99 Å². The maximum atomic E-state index is 9.80. The lowest BCUT2D eigenvalue weighted by molar-refractivity contribution is 0.337. The van der Waals surface area contributed by atoms with Crippen LogP contribution in [0.5, 0.6) is 5.95 Å². The van der Waals surface area contributed by atoms with Crippen molar-refractivity contribution in [1.29, 1.82) is 0 Å². The van der Waals surface area contributed by atoms with Crippen molar-refractivity contribution in [2.45, 2.75) is 0 Å². The summed E-state index contributed by atoms with van der Waals surface area (Å²) in [6.07, 6.45) is 1.41. The number of rotatable bonds is 3. The standard InChI is InChI=1S/C16H10Cl2N2O2/c17-12-7-6-11(8-13(12)18)19-9-14-16(21)22-15(20-14)10-4-2-1-3-5-10/h1-9,21H. The van der Waals surface area contributed by atoms with Crippen LogP contribution in [0.2, 0.25) is 10.0 Å². The number of hydrogen-bond acceptors (Lipinski definition) is 4. The fourth-order valence-corrected chi connectivity index (χ4v) is 2.11. The van der Waals surface area contributed by atoms with E-state index in [4.69, 9.17) is 27.6 Å². The van der Waals surface area contributed by atoms with E-state index in [1.54, 1.807) is 18.2 Å². The van der Waals surface area contributed by atoms with Crippen molar-refractivity contribution in [2.75, 3.05) is 0 Å². The van der Waals surface area contributed by atoms with Crippen molar-refractivity contribution in [3.05, 3.63) is 64.3 Å². The molecule has 0 aliphatic carbocycles. The highest BCUT2D eigenvalue weighted by molar-refractivity contribution is 6.42. The molecule has 3 rings (SSSR count). The van der Waals surface area contributed by atoms with Crippen molar-refractivity contribution in [3.8, 4) is 17.4 Å². The summed E-state index contributed by atoms with van der Waals surface area (Å²) in [7, 11) is 0. The molecule has 0 aliphatic heterocycles. The first-order chi connectivity index (χ1) is 10.6. The first-order valence-electron chi connectivity index (χ1n) is 6.38. The van der Waals surface area contributed by atoms with E-state index in [0.29, 0.717) is 21.6 Å². The van der Waals surface area contributed by atoms with E-state index >= 15 is 0 Å². The van der Waals surface area contributed by atoms with Gasteiger partial charge in [-0.3, -0.25) is 4.99 Å². The van der Waals surface area contributed by atoms with Gasteiger partial charge < -0.3 is 9.52 Å². The summed E-state index contributed by atoms with van der Waals surface area (Å²) in [6, 6.07) is 14.3.